The Kier molecular flexibility index (Phi) is 26.0. The number of nitrogens with two attached hydrogens (primary N) is 2. The molecule has 0 aliphatic heterocycles. The lowest BCUT2D eigenvalue weighted by Gasteiger charge is -2.29. The molecule has 0 spiro atoms. The van der Waals surface area contributed by atoms with Crippen molar-refractivity contribution in [2.75, 3.05) is 20.1 Å². The highest BCUT2D eigenvalue weighted by molar-refractivity contribution is 5.97. The fourth-order valence-corrected chi connectivity index (χ4v) is 9.46. The highest BCUT2D eigenvalue weighted by Gasteiger charge is 2.35. The number of carbonyl (C=O) groups is 11. The Hall–Kier alpha value is -8.71. The number of halogens is 1. The van der Waals surface area contributed by atoms with Crippen LogP contribution in [0.25, 0.3) is 10.9 Å². The second-order valence-electron chi connectivity index (χ2n) is 22.3. The minimum atomic E-state index is -1.36. The number of aromatic amines is 2. The largest absolute Gasteiger partial charge is 0.370 e. The first-order valence-corrected chi connectivity index (χ1v) is 28.9. The number of carbonyl (C=O) groups excluding carboxylic acids is 11. The third-order valence-corrected chi connectivity index (χ3v) is 14.9. The van der Waals surface area contributed by atoms with Gasteiger partial charge in [0.15, 0.2) is 0 Å². The molecule has 5 rings (SSSR count). The minimum absolute atomic E-state index is 0.00106. The zero-order chi connectivity index (χ0) is 62.3. The van der Waals surface area contributed by atoms with E-state index in [9.17, 15) is 57.1 Å². The van der Waals surface area contributed by atoms with Gasteiger partial charge >= 0.3 is 0 Å². The molecule has 14 N–H and O–H groups in total. The second kappa shape index (κ2) is 33.0. The molecule has 1 saturated carbocycles. The molecule has 11 amide bonds. The number of nitrogens with one attached hydrogen (secondary N) is 10. The molecule has 0 unspecified atom stereocenters. The lowest BCUT2D eigenvalue weighted by molar-refractivity contribution is -0.140. The van der Waals surface area contributed by atoms with E-state index in [-0.39, 0.29) is 68.9 Å². The van der Waals surface area contributed by atoms with Crippen molar-refractivity contribution in [3.05, 3.63) is 89.9 Å². The van der Waals surface area contributed by atoms with Crippen molar-refractivity contribution in [3.63, 3.8) is 0 Å². The van der Waals surface area contributed by atoms with Crippen LogP contribution >= 0.6 is 0 Å². The van der Waals surface area contributed by atoms with Crippen molar-refractivity contribution in [3.8, 4) is 0 Å². The van der Waals surface area contributed by atoms with Gasteiger partial charge in [0.2, 0.25) is 59.1 Å². The monoisotopic (exact) mass is 1180 g/mol. The third-order valence-electron chi connectivity index (χ3n) is 14.9. The molecule has 2 aromatic heterocycles. The van der Waals surface area contributed by atoms with Crippen molar-refractivity contribution in [1.82, 2.24) is 62.4 Å². The standard InChI is InChI=1S/C59H83FN14O11/c1-7-34(4)42(22-24-50(77)69-45(53(62)79)26-36-15-16-36)71-58(84)47(28-40-30-63-32-66-40)70-51(78)31-74(6)59(85)52(33(2)3)73-54(80)35(5)67-57(83)46(27-38-29-65-43-13-9-8-12-41(38)43)72-56(82)44(21-23-48(61)75)68-49(76)14-10-11-25-64-55(81)37-17-19-39(60)20-18-37/h8-9,12-13,17-20,29-30,32-36,42,44-47,52,65H,7,10-11,14-16,21-28,31H2,1-6H3,(H2,61,75)(H2,62,79)(H,63,66)(H,64,81)(H,67,83)(H,68,76)(H,69,77)(H,70,78)(H,71,84)(H,72,82)(H,73,80)/t34-,35-,42-,44-,45-,46-,47-,52-/m0/s1/i60-1. The van der Waals surface area contributed by atoms with E-state index in [4.69, 9.17) is 11.5 Å². The zero-order valence-electron chi connectivity index (χ0n) is 49.1. The Balaban J connectivity index is 1.21. The maximum atomic E-state index is 14.3. The smallest absolute Gasteiger partial charge is 0.251 e. The highest BCUT2D eigenvalue weighted by atomic mass is 18.2. The molecular weight excluding hydrogens is 1100 g/mol. The number of nitrogens with zero attached hydrogens (tertiary/aromatic N) is 2. The Labute approximate surface area is 493 Å². The summed E-state index contributed by atoms with van der Waals surface area (Å²) in [7, 11) is 1.35. The first kappa shape index (κ1) is 67.1. The number of aromatic nitrogens is 3. The average Bonchev–Trinajstić information content (AvgIpc) is 4.09. The van der Waals surface area contributed by atoms with Crippen LogP contribution in [0.2, 0.25) is 0 Å². The number of benzene rings is 2. The van der Waals surface area contributed by atoms with Crippen LogP contribution in [0.5, 0.6) is 0 Å². The summed E-state index contributed by atoms with van der Waals surface area (Å²) < 4.78 is 13.3. The highest BCUT2D eigenvalue weighted by Crippen LogP contribution is 2.33. The van der Waals surface area contributed by atoms with Crippen molar-refractivity contribution in [1.29, 1.82) is 0 Å². The van der Waals surface area contributed by atoms with E-state index in [1.807, 2.05) is 32.0 Å². The van der Waals surface area contributed by atoms with Crippen molar-refractivity contribution in [2.24, 2.45) is 29.2 Å². The molecule has 4 aromatic rings. The minimum Gasteiger partial charge on any atom is -0.370 e. The summed E-state index contributed by atoms with van der Waals surface area (Å²) in [5, 5.41) is 22.5. The van der Waals surface area contributed by atoms with Gasteiger partial charge in [0.05, 0.1) is 12.9 Å². The van der Waals surface area contributed by atoms with Gasteiger partial charge in [-0.3, -0.25) is 52.7 Å². The fourth-order valence-electron chi connectivity index (χ4n) is 9.46. The van der Waals surface area contributed by atoms with Gasteiger partial charge in [-0.05, 0) is 92.7 Å². The first-order valence-electron chi connectivity index (χ1n) is 28.9. The van der Waals surface area contributed by atoms with E-state index in [0.29, 0.717) is 42.9 Å². The molecule has 0 bridgehead atoms. The Bertz CT molecular complexity index is 2950. The van der Waals surface area contributed by atoms with Crippen LogP contribution in [-0.4, -0.2) is 147 Å². The van der Waals surface area contributed by atoms with Crippen molar-refractivity contribution in [2.45, 2.75) is 160 Å². The molecule has 2 heterocycles. The van der Waals surface area contributed by atoms with E-state index in [0.717, 1.165) is 40.8 Å². The summed E-state index contributed by atoms with van der Waals surface area (Å²) in [5.41, 5.74) is 13.1. The Morgan fingerprint density at radius 3 is 1.99 bits per heavy atom. The zero-order valence-corrected chi connectivity index (χ0v) is 49.1. The topological polar surface area (TPSA) is 384 Å². The maximum Gasteiger partial charge on any atom is 0.251 e. The average molecular weight is 1180 g/mol. The summed E-state index contributed by atoms with van der Waals surface area (Å²) in [6, 6.07) is 4.59. The fraction of sp³-hybridized carbons (Fsp3) is 0.525. The van der Waals surface area contributed by atoms with E-state index in [1.54, 1.807) is 26.1 Å². The molecule has 8 atom stereocenters. The van der Waals surface area contributed by atoms with Crippen LogP contribution in [-0.2, 0) is 60.8 Å². The molecule has 2 aromatic carbocycles. The Morgan fingerprint density at radius 2 is 1.34 bits per heavy atom. The number of hydrogen-bond donors (Lipinski definition) is 12. The first-order chi connectivity index (χ1) is 40.4. The van der Waals surface area contributed by atoms with Crippen LogP contribution in [0.4, 0.5) is 4.39 Å². The molecular formula is C59H83FN14O11. The molecule has 26 heteroatoms. The number of para-hydroxylation sites is 1. The SMILES string of the molecule is CC[C@H](C)[C@H](CCC(=O)N[C@@H](CC1CC1)C(N)=O)NC(=O)[C@H](Cc1cnc[nH]1)NC(=O)CN(C)C(=O)[C@@H](NC(=O)[C@H](C)NC(=O)[C@H](Cc1c[nH]c2ccccc12)NC(=O)[C@H](CCC(N)=O)NC(=O)CCCCNC(=O)c1ccc([18F])cc1)C(C)C. The van der Waals surface area contributed by atoms with Crippen LogP contribution in [0.1, 0.15) is 127 Å². The number of unbranched alkanes of at least 4 members (excludes halogenated alkanes) is 1. The predicted molar refractivity (Wildman–Crippen MR) is 312 cm³/mol. The summed E-state index contributed by atoms with van der Waals surface area (Å²) >= 11 is 0. The lowest BCUT2D eigenvalue weighted by atomic mass is 9.94. The van der Waals surface area contributed by atoms with Crippen LogP contribution < -0.4 is 54.0 Å². The van der Waals surface area contributed by atoms with Crippen LogP contribution in [0, 0.1) is 23.6 Å². The van der Waals surface area contributed by atoms with Crippen molar-refractivity contribution >= 4 is 75.9 Å². The van der Waals surface area contributed by atoms with Gasteiger partial charge in [0.1, 0.15) is 42.1 Å². The van der Waals surface area contributed by atoms with E-state index in [1.165, 1.54) is 38.6 Å². The summed E-state index contributed by atoms with van der Waals surface area (Å²) in [4.78, 5) is 158. The van der Waals surface area contributed by atoms with E-state index in [2.05, 4.69) is 57.5 Å². The van der Waals surface area contributed by atoms with Crippen molar-refractivity contribution < 1.29 is 57.1 Å². The number of fused-ring (bicyclic) bond motifs is 1. The van der Waals surface area contributed by atoms with Gasteiger partial charge < -0.3 is 68.9 Å². The number of likely N-dealkylation sites (N-methyl/N-ethyl adjacent to an activating group) is 1. The summed E-state index contributed by atoms with van der Waals surface area (Å²) in [6.45, 7) is 8.24. The van der Waals surface area contributed by atoms with Gasteiger partial charge in [-0.15, -0.1) is 0 Å². The van der Waals surface area contributed by atoms with Gasteiger partial charge in [0, 0.05) is 86.3 Å². The van der Waals surface area contributed by atoms with Crippen LogP contribution in [0.15, 0.2) is 67.3 Å². The molecule has 1 fully saturated rings. The Morgan fingerprint density at radius 1 is 0.694 bits per heavy atom. The molecule has 0 radical (unpaired) electrons. The number of amides is 11. The predicted octanol–water partition coefficient (Wildman–Crippen LogP) is 1.32. The number of H-pyrrole nitrogens is 2. The second-order valence-corrected chi connectivity index (χ2v) is 22.3. The molecule has 1 aliphatic carbocycles. The summed E-state index contributed by atoms with van der Waals surface area (Å²) in [5.74, 6) is -7.83. The maximum absolute atomic E-state index is 14.3. The number of rotatable bonds is 36. The summed E-state index contributed by atoms with van der Waals surface area (Å²) in [6.07, 6.45) is 7.87. The number of hydrogen-bond acceptors (Lipinski definition) is 12. The van der Waals surface area contributed by atoms with Crippen LogP contribution in [0.3, 0.4) is 0 Å². The molecule has 25 nitrogen and oxygen atoms in total. The number of primary amides is 2. The third kappa shape index (κ3) is 22.1. The van der Waals surface area contributed by atoms with E-state index < -0.39 is 120 Å². The van der Waals surface area contributed by atoms with Gasteiger partial charge in [-0.25, -0.2) is 9.37 Å². The van der Waals surface area contributed by atoms with Gasteiger partial charge in [-0.2, -0.15) is 0 Å². The number of imidazole rings is 1. The quantitative estimate of drug-likeness (QED) is 0.0287. The van der Waals surface area contributed by atoms with Gasteiger partial charge in [-0.1, -0.05) is 65.2 Å². The lowest BCUT2D eigenvalue weighted by Crippen LogP contribution is -2.59. The molecule has 0 saturated heterocycles. The molecule has 1 aliphatic rings. The molecule has 85 heavy (non-hydrogen) atoms. The molecule has 462 valence electrons. The normalized spacial score (nSPS) is 14.9. The van der Waals surface area contributed by atoms with E-state index >= 15 is 0 Å². The van der Waals surface area contributed by atoms with Gasteiger partial charge in [0.25, 0.3) is 5.91 Å².